The molecule has 0 aliphatic heterocycles. The molecule has 0 spiro atoms. The van der Waals surface area contributed by atoms with E-state index in [1.165, 1.54) is 24.3 Å². The van der Waals surface area contributed by atoms with Crippen LogP contribution in [0.1, 0.15) is 11.1 Å². The molecule has 0 amide bonds. The molecule has 2 aromatic rings. The Morgan fingerprint density at radius 2 is 1.92 bits per heavy atom. The van der Waals surface area contributed by atoms with Crippen molar-refractivity contribution in [2.75, 3.05) is 5.43 Å². The number of alkyl halides is 3. The molecule has 2 rings (SSSR count). The maximum atomic E-state index is 12.5. The van der Waals surface area contributed by atoms with Crippen LogP contribution in [0.3, 0.4) is 0 Å². The summed E-state index contributed by atoms with van der Waals surface area (Å²) >= 11 is 5.66. The summed E-state index contributed by atoms with van der Waals surface area (Å²) in [4.78, 5) is 5.03. The highest BCUT2D eigenvalue weighted by atomic mass is 35.5. The van der Waals surface area contributed by atoms with Crippen molar-refractivity contribution in [1.29, 1.82) is 5.26 Å². The second kappa shape index (κ2) is 6.64. The number of pyridine rings is 1. The maximum absolute atomic E-state index is 12.5. The average Bonchev–Trinajstić information content (AvgIpc) is 2.52. The monoisotopic (exact) mass is 376 g/mol. The van der Waals surface area contributed by atoms with Gasteiger partial charge < -0.3 is 0 Å². The SMILES string of the molecule is N#Cc1ccccc1S(=O)(=O)NNc1ncc(C(F)(F)F)cc1Cl. The van der Waals surface area contributed by atoms with Gasteiger partial charge in [-0.3, -0.25) is 5.43 Å². The lowest BCUT2D eigenvalue weighted by Gasteiger charge is -2.12. The molecule has 0 bridgehead atoms. The number of benzene rings is 1. The van der Waals surface area contributed by atoms with E-state index in [4.69, 9.17) is 16.9 Å². The van der Waals surface area contributed by atoms with Gasteiger partial charge in [-0.2, -0.15) is 18.4 Å². The van der Waals surface area contributed by atoms with E-state index in [0.717, 1.165) is 0 Å². The van der Waals surface area contributed by atoms with Gasteiger partial charge in [-0.1, -0.05) is 23.7 Å². The van der Waals surface area contributed by atoms with E-state index >= 15 is 0 Å². The topological polar surface area (TPSA) is 94.9 Å². The zero-order chi connectivity index (χ0) is 18.0. The summed E-state index contributed by atoms with van der Waals surface area (Å²) in [6.45, 7) is 0. The fraction of sp³-hybridized carbons (Fsp3) is 0.0769. The predicted octanol–water partition coefficient (Wildman–Crippen LogP) is 2.93. The second-order valence-electron chi connectivity index (χ2n) is 4.39. The average molecular weight is 377 g/mol. The molecule has 0 aliphatic carbocycles. The lowest BCUT2D eigenvalue weighted by molar-refractivity contribution is -0.137. The Balaban J connectivity index is 2.23. The van der Waals surface area contributed by atoms with Gasteiger partial charge in [0.2, 0.25) is 0 Å². The van der Waals surface area contributed by atoms with Gasteiger partial charge in [-0.25, -0.2) is 13.4 Å². The first-order valence-corrected chi connectivity index (χ1v) is 8.01. The Morgan fingerprint density at radius 1 is 1.25 bits per heavy atom. The molecule has 0 atom stereocenters. The van der Waals surface area contributed by atoms with Crippen LogP contribution in [0.5, 0.6) is 0 Å². The summed E-state index contributed by atoms with van der Waals surface area (Å²) in [5.41, 5.74) is 0.952. The Labute approximate surface area is 139 Å². The minimum absolute atomic E-state index is 0.0988. The van der Waals surface area contributed by atoms with Crippen molar-refractivity contribution in [3.63, 3.8) is 0 Å². The summed E-state index contributed by atoms with van der Waals surface area (Å²) in [6, 6.07) is 7.73. The second-order valence-corrected chi connectivity index (χ2v) is 6.45. The molecule has 2 N–H and O–H groups in total. The standard InChI is InChI=1S/C13H8ClF3N4O2S/c14-10-5-9(13(15,16)17)7-19-12(10)20-21-24(22,23)11-4-2-1-3-8(11)6-18/h1-5,7,21H,(H,19,20). The number of nitrogens with zero attached hydrogens (tertiary/aromatic N) is 2. The number of hydrogen-bond donors (Lipinski definition) is 2. The summed E-state index contributed by atoms with van der Waals surface area (Å²) in [7, 11) is -4.16. The van der Waals surface area contributed by atoms with Crippen molar-refractivity contribution >= 4 is 27.4 Å². The van der Waals surface area contributed by atoms with Gasteiger partial charge in [0, 0.05) is 6.20 Å². The number of sulfonamides is 1. The Bertz CT molecular complexity index is 910. The minimum Gasteiger partial charge on any atom is -0.291 e. The van der Waals surface area contributed by atoms with E-state index in [-0.39, 0.29) is 16.3 Å². The summed E-state index contributed by atoms with van der Waals surface area (Å²) < 4.78 is 61.8. The third kappa shape index (κ3) is 3.94. The Hall–Kier alpha value is -2.35. The fourth-order valence-electron chi connectivity index (χ4n) is 1.65. The molecular formula is C13H8ClF3N4O2S. The highest BCUT2D eigenvalue weighted by Crippen LogP contribution is 2.32. The zero-order valence-corrected chi connectivity index (χ0v) is 13.2. The molecule has 0 unspecified atom stereocenters. The van der Waals surface area contributed by atoms with Gasteiger partial charge in [-0.15, -0.1) is 4.83 Å². The van der Waals surface area contributed by atoms with Crippen molar-refractivity contribution in [1.82, 2.24) is 9.82 Å². The van der Waals surface area contributed by atoms with E-state index in [1.54, 1.807) is 6.07 Å². The van der Waals surface area contributed by atoms with Crippen molar-refractivity contribution < 1.29 is 21.6 Å². The highest BCUT2D eigenvalue weighted by Gasteiger charge is 2.31. The van der Waals surface area contributed by atoms with Crippen molar-refractivity contribution in [3.05, 3.63) is 52.7 Å². The Morgan fingerprint density at radius 3 is 2.50 bits per heavy atom. The molecule has 0 aliphatic rings. The number of hydrazine groups is 1. The summed E-state index contributed by atoms with van der Waals surface area (Å²) in [6.07, 6.45) is -4.12. The van der Waals surface area contributed by atoms with Crippen LogP contribution < -0.4 is 10.3 Å². The van der Waals surface area contributed by atoms with Crippen LogP contribution >= 0.6 is 11.6 Å². The number of anilines is 1. The number of nitrogens with one attached hydrogen (secondary N) is 2. The van der Waals surface area contributed by atoms with Gasteiger partial charge in [0.05, 0.1) is 16.1 Å². The van der Waals surface area contributed by atoms with E-state index in [1.807, 2.05) is 4.83 Å². The molecule has 11 heteroatoms. The molecule has 0 fully saturated rings. The van der Waals surface area contributed by atoms with Gasteiger partial charge in [0.25, 0.3) is 10.0 Å². The molecule has 0 saturated carbocycles. The van der Waals surface area contributed by atoms with Crippen molar-refractivity contribution in [3.8, 4) is 6.07 Å². The molecular weight excluding hydrogens is 369 g/mol. The van der Waals surface area contributed by atoms with Crippen LogP contribution in [-0.2, 0) is 16.2 Å². The van der Waals surface area contributed by atoms with Crippen LogP contribution in [0.4, 0.5) is 19.0 Å². The summed E-state index contributed by atoms with van der Waals surface area (Å²) in [5.74, 6) is -0.317. The zero-order valence-electron chi connectivity index (χ0n) is 11.6. The van der Waals surface area contributed by atoms with Crippen LogP contribution in [0.2, 0.25) is 5.02 Å². The third-order valence-electron chi connectivity index (χ3n) is 2.77. The first kappa shape index (κ1) is 18.0. The molecule has 126 valence electrons. The maximum Gasteiger partial charge on any atom is 0.417 e. The fourth-order valence-corrected chi connectivity index (χ4v) is 2.86. The van der Waals surface area contributed by atoms with Crippen LogP contribution in [0.15, 0.2) is 41.4 Å². The third-order valence-corrected chi connectivity index (χ3v) is 4.36. The van der Waals surface area contributed by atoms with Gasteiger partial charge in [0.1, 0.15) is 11.0 Å². The number of halogens is 4. The summed E-state index contributed by atoms with van der Waals surface area (Å²) in [5, 5.41) is 8.49. The molecule has 24 heavy (non-hydrogen) atoms. The van der Waals surface area contributed by atoms with Crippen LogP contribution in [-0.4, -0.2) is 13.4 Å². The minimum atomic E-state index is -4.62. The van der Waals surface area contributed by atoms with Gasteiger partial charge in [-0.05, 0) is 18.2 Å². The molecule has 0 saturated heterocycles. The largest absolute Gasteiger partial charge is 0.417 e. The van der Waals surface area contributed by atoms with E-state index < -0.39 is 26.8 Å². The molecule has 6 nitrogen and oxygen atoms in total. The quantitative estimate of drug-likeness (QED) is 0.800. The lowest BCUT2D eigenvalue weighted by atomic mass is 10.2. The predicted molar refractivity (Wildman–Crippen MR) is 79.4 cm³/mol. The Kier molecular flexibility index (Phi) is 4.98. The van der Waals surface area contributed by atoms with Crippen LogP contribution in [0, 0.1) is 11.3 Å². The van der Waals surface area contributed by atoms with Gasteiger partial charge >= 0.3 is 6.18 Å². The van der Waals surface area contributed by atoms with Gasteiger partial charge in [0.15, 0.2) is 5.82 Å². The van der Waals surface area contributed by atoms with Crippen molar-refractivity contribution in [2.45, 2.75) is 11.1 Å². The number of nitriles is 1. The van der Waals surface area contributed by atoms with E-state index in [0.29, 0.717) is 12.3 Å². The smallest absolute Gasteiger partial charge is 0.291 e. The normalized spacial score (nSPS) is 11.8. The molecule has 1 heterocycles. The molecule has 1 aromatic heterocycles. The van der Waals surface area contributed by atoms with E-state index in [2.05, 4.69) is 10.4 Å². The van der Waals surface area contributed by atoms with Crippen LogP contribution in [0.25, 0.3) is 0 Å². The molecule has 0 radical (unpaired) electrons. The number of rotatable bonds is 4. The van der Waals surface area contributed by atoms with E-state index in [9.17, 15) is 21.6 Å². The molecule has 1 aromatic carbocycles. The number of aromatic nitrogens is 1. The lowest BCUT2D eigenvalue weighted by Crippen LogP contribution is -2.30. The number of hydrogen-bond acceptors (Lipinski definition) is 5. The van der Waals surface area contributed by atoms with Crippen molar-refractivity contribution in [2.24, 2.45) is 0 Å². The first-order valence-electron chi connectivity index (χ1n) is 6.15. The highest BCUT2D eigenvalue weighted by molar-refractivity contribution is 7.89. The first-order chi connectivity index (χ1) is 11.1.